The number of rotatable bonds is 3. The molecule has 2 rings (SSSR count). The first-order valence-corrected chi connectivity index (χ1v) is 7.05. The lowest BCUT2D eigenvalue weighted by atomic mass is 10.1. The van der Waals surface area contributed by atoms with Gasteiger partial charge in [0.15, 0.2) is 16.7 Å². The molecule has 100 valence electrons. The Morgan fingerprint density at radius 2 is 2.32 bits per heavy atom. The van der Waals surface area contributed by atoms with Crippen LogP contribution in [0, 0.1) is 0 Å². The van der Waals surface area contributed by atoms with Crippen LogP contribution in [0.1, 0.15) is 12.5 Å². The standard InChI is InChI=1S/C12H11BrN2O3S/c1-2-18-8-5-7(13)3-6(10(8)16)4-9-11(17)15-12(14)19-9/h3-5,16H,2H2,1H3,(H2,14,15,17). The maximum Gasteiger partial charge on any atom is 0.286 e. The van der Waals surface area contributed by atoms with Crippen molar-refractivity contribution < 1.29 is 14.6 Å². The summed E-state index contributed by atoms with van der Waals surface area (Å²) in [7, 11) is 0. The Morgan fingerprint density at radius 3 is 2.89 bits per heavy atom. The van der Waals surface area contributed by atoms with Crippen molar-refractivity contribution in [2.75, 3.05) is 6.61 Å². The van der Waals surface area contributed by atoms with Crippen LogP contribution in [0.4, 0.5) is 0 Å². The third-order valence-electron chi connectivity index (χ3n) is 2.29. The van der Waals surface area contributed by atoms with E-state index in [0.29, 0.717) is 22.8 Å². The second-order valence-electron chi connectivity index (χ2n) is 3.64. The molecule has 0 spiro atoms. The number of aromatic hydroxyl groups is 1. The number of halogens is 1. The van der Waals surface area contributed by atoms with Crippen LogP contribution in [-0.2, 0) is 4.79 Å². The molecule has 0 saturated carbocycles. The summed E-state index contributed by atoms with van der Waals surface area (Å²) in [4.78, 5) is 15.5. The molecular formula is C12H11BrN2O3S. The van der Waals surface area contributed by atoms with Crippen LogP contribution in [0.3, 0.4) is 0 Å². The van der Waals surface area contributed by atoms with Gasteiger partial charge in [0.25, 0.3) is 5.91 Å². The van der Waals surface area contributed by atoms with Crippen molar-refractivity contribution in [3.8, 4) is 11.5 Å². The Balaban J connectivity index is 2.41. The lowest BCUT2D eigenvalue weighted by Crippen LogP contribution is -2.01. The number of nitrogens with two attached hydrogens (primary N) is 1. The number of amidine groups is 1. The van der Waals surface area contributed by atoms with Gasteiger partial charge in [-0.25, -0.2) is 0 Å². The van der Waals surface area contributed by atoms with Gasteiger partial charge in [-0.1, -0.05) is 15.9 Å². The van der Waals surface area contributed by atoms with Gasteiger partial charge < -0.3 is 15.6 Å². The highest BCUT2D eigenvalue weighted by Crippen LogP contribution is 2.37. The van der Waals surface area contributed by atoms with Crippen molar-refractivity contribution in [1.82, 2.24) is 0 Å². The number of aliphatic imine (C=N–C) groups is 1. The van der Waals surface area contributed by atoms with Crippen LogP contribution in [0.25, 0.3) is 6.08 Å². The van der Waals surface area contributed by atoms with Gasteiger partial charge in [0.1, 0.15) is 0 Å². The van der Waals surface area contributed by atoms with E-state index in [1.807, 2.05) is 6.92 Å². The minimum absolute atomic E-state index is 0.0172. The Kier molecular flexibility index (Phi) is 4.16. The molecule has 7 heteroatoms. The molecule has 19 heavy (non-hydrogen) atoms. The Morgan fingerprint density at radius 1 is 1.58 bits per heavy atom. The molecule has 0 atom stereocenters. The molecule has 1 heterocycles. The monoisotopic (exact) mass is 342 g/mol. The van der Waals surface area contributed by atoms with Crippen molar-refractivity contribution in [3.63, 3.8) is 0 Å². The topological polar surface area (TPSA) is 84.9 Å². The fraction of sp³-hybridized carbons (Fsp3) is 0.167. The van der Waals surface area contributed by atoms with E-state index >= 15 is 0 Å². The Labute approximate surface area is 122 Å². The fourth-order valence-corrected chi connectivity index (χ4v) is 2.66. The summed E-state index contributed by atoms with van der Waals surface area (Å²) < 4.78 is 6.06. The number of benzene rings is 1. The number of carbonyl (C=O) groups excluding carboxylic acids is 1. The predicted octanol–water partition coefficient (Wildman–Crippen LogP) is 2.48. The van der Waals surface area contributed by atoms with Gasteiger partial charge in [-0.05, 0) is 36.9 Å². The molecule has 0 saturated heterocycles. The number of carbonyl (C=O) groups is 1. The largest absolute Gasteiger partial charge is 0.504 e. The van der Waals surface area contributed by atoms with Gasteiger partial charge >= 0.3 is 0 Å². The highest BCUT2D eigenvalue weighted by Gasteiger charge is 2.20. The number of hydrogen-bond donors (Lipinski definition) is 2. The highest BCUT2D eigenvalue weighted by atomic mass is 79.9. The van der Waals surface area contributed by atoms with Crippen molar-refractivity contribution in [1.29, 1.82) is 0 Å². The van der Waals surface area contributed by atoms with Crippen molar-refractivity contribution in [2.24, 2.45) is 10.7 Å². The number of thioether (sulfide) groups is 1. The van der Waals surface area contributed by atoms with Crippen molar-refractivity contribution in [2.45, 2.75) is 6.92 Å². The number of phenols is 1. The summed E-state index contributed by atoms with van der Waals surface area (Å²) in [6.45, 7) is 2.26. The van der Waals surface area contributed by atoms with E-state index in [0.717, 1.165) is 16.2 Å². The van der Waals surface area contributed by atoms with Gasteiger partial charge in [-0.2, -0.15) is 4.99 Å². The molecule has 1 aromatic rings. The number of phenolic OH excluding ortho intramolecular Hbond substituents is 1. The molecule has 0 aromatic heterocycles. The quantitative estimate of drug-likeness (QED) is 0.824. The van der Waals surface area contributed by atoms with Crippen LogP contribution in [0.15, 0.2) is 26.5 Å². The first-order valence-electron chi connectivity index (χ1n) is 5.44. The first-order chi connectivity index (χ1) is 9.01. The predicted molar refractivity (Wildman–Crippen MR) is 79.2 cm³/mol. The average molecular weight is 343 g/mol. The van der Waals surface area contributed by atoms with Crippen molar-refractivity contribution in [3.05, 3.63) is 27.1 Å². The summed E-state index contributed by atoms with van der Waals surface area (Å²) in [5.41, 5.74) is 5.94. The third kappa shape index (κ3) is 3.10. The molecule has 1 aliphatic heterocycles. The summed E-state index contributed by atoms with van der Waals surface area (Å²) in [6.07, 6.45) is 1.54. The fourth-order valence-electron chi connectivity index (χ4n) is 1.54. The third-order valence-corrected chi connectivity index (χ3v) is 3.56. The zero-order valence-electron chi connectivity index (χ0n) is 10.0. The molecule has 0 fully saturated rings. The van der Waals surface area contributed by atoms with E-state index < -0.39 is 5.91 Å². The second-order valence-corrected chi connectivity index (χ2v) is 5.62. The van der Waals surface area contributed by atoms with Gasteiger partial charge in [0.2, 0.25) is 0 Å². The summed E-state index contributed by atoms with van der Waals surface area (Å²) in [6, 6.07) is 3.35. The molecule has 0 radical (unpaired) electrons. The molecule has 5 nitrogen and oxygen atoms in total. The normalized spacial score (nSPS) is 16.8. The van der Waals surface area contributed by atoms with Gasteiger partial charge in [-0.3, -0.25) is 4.79 Å². The van der Waals surface area contributed by atoms with E-state index in [2.05, 4.69) is 20.9 Å². The molecule has 1 aromatic carbocycles. The molecule has 1 amide bonds. The van der Waals surface area contributed by atoms with Crippen LogP contribution >= 0.6 is 27.7 Å². The van der Waals surface area contributed by atoms with Crippen LogP contribution < -0.4 is 10.5 Å². The van der Waals surface area contributed by atoms with E-state index in [1.54, 1.807) is 18.2 Å². The molecule has 0 unspecified atom stereocenters. The maximum absolute atomic E-state index is 11.5. The smallest absolute Gasteiger partial charge is 0.286 e. The zero-order chi connectivity index (χ0) is 14.0. The summed E-state index contributed by atoms with van der Waals surface area (Å²) in [5.74, 6) is -0.0654. The first kappa shape index (κ1) is 14.0. The lowest BCUT2D eigenvalue weighted by Gasteiger charge is -2.09. The SMILES string of the molecule is CCOc1cc(Br)cc(C=C2SC(N)=NC2=O)c1O. The number of ether oxygens (including phenoxy) is 1. The van der Waals surface area contributed by atoms with Crippen molar-refractivity contribution >= 4 is 44.8 Å². The highest BCUT2D eigenvalue weighted by molar-refractivity contribution is 9.10. The van der Waals surface area contributed by atoms with E-state index in [9.17, 15) is 9.90 Å². The van der Waals surface area contributed by atoms with Gasteiger partial charge in [0, 0.05) is 10.0 Å². The average Bonchev–Trinajstić information content (AvgIpc) is 2.64. The molecule has 0 bridgehead atoms. The van der Waals surface area contributed by atoms with E-state index in [4.69, 9.17) is 10.5 Å². The van der Waals surface area contributed by atoms with Gasteiger partial charge in [-0.15, -0.1) is 0 Å². The number of nitrogens with zero attached hydrogens (tertiary/aromatic N) is 1. The minimum Gasteiger partial charge on any atom is -0.504 e. The minimum atomic E-state index is -0.403. The van der Waals surface area contributed by atoms with E-state index in [1.165, 1.54) is 0 Å². The summed E-state index contributed by atoms with van der Waals surface area (Å²) in [5, 5.41) is 10.3. The molecule has 3 N–H and O–H groups in total. The number of hydrogen-bond acceptors (Lipinski definition) is 5. The van der Waals surface area contributed by atoms with Crippen LogP contribution in [-0.4, -0.2) is 22.8 Å². The summed E-state index contributed by atoms with van der Waals surface area (Å²) >= 11 is 4.40. The second kappa shape index (κ2) is 5.66. The van der Waals surface area contributed by atoms with Crippen LogP contribution in [0.5, 0.6) is 11.5 Å². The molecule has 0 aliphatic carbocycles. The van der Waals surface area contributed by atoms with Gasteiger partial charge in [0.05, 0.1) is 11.5 Å². The zero-order valence-corrected chi connectivity index (χ0v) is 12.4. The maximum atomic E-state index is 11.5. The molecular weight excluding hydrogens is 332 g/mol. The molecule has 1 aliphatic rings. The number of amides is 1. The lowest BCUT2D eigenvalue weighted by molar-refractivity contribution is -0.113. The Bertz CT molecular complexity index is 599. The Hall–Kier alpha value is -1.47. The van der Waals surface area contributed by atoms with Crippen LogP contribution in [0.2, 0.25) is 0 Å². The van der Waals surface area contributed by atoms with E-state index in [-0.39, 0.29) is 10.9 Å².